The summed E-state index contributed by atoms with van der Waals surface area (Å²) in [6.45, 7) is 4.88. The first-order chi connectivity index (χ1) is 14.7. The summed E-state index contributed by atoms with van der Waals surface area (Å²) in [7, 11) is 0. The zero-order valence-electron chi connectivity index (χ0n) is 16.4. The van der Waals surface area contributed by atoms with Crippen molar-refractivity contribution in [3.63, 3.8) is 0 Å². The van der Waals surface area contributed by atoms with Crippen LogP contribution in [-0.4, -0.2) is 42.2 Å². The van der Waals surface area contributed by atoms with Crippen LogP contribution in [-0.2, 0) is 4.74 Å². The van der Waals surface area contributed by atoms with Gasteiger partial charge in [-0.05, 0) is 37.3 Å². The topological polar surface area (TPSA) is 80.5 Å². The Kier molecular flexibility index (Phi) is 4.94. The van der Waals surface area contributed by atoms with Crippen LogP contribution in [0.1, 0.15) is 16.2 Å². The van der Waals surface area contributed by atoms with E-state index in [1.54, 1.807) is 18.3 Å². The summed E-state index contributed by atoms with van der Waals surface area (Å²) in [6, 6.07) is 15.3. The van der Waals surface area contributed by atoms with Crippen molar-refractivity contribution in [1.29, 1.82) is 0 Å². The Morgan fingerprint density at radius 2 is 1.90 bits per heavy atom. The van der Waals surface area contributed by atoms with E-state index in [0.717, 1.165) is 47.2 Å². The van der Waals surface area contributed by atoms with Crippen molar-refractivity contribution in [2.45, 2.75) is 6.92 Å². The van der Waals surface area contributed by atoms with Gasteiger partial charge in [0.1, 0.15) is 5.76 Å². The number of anilines is 2. The van der Waals surface area contributed by atoms with E-state index in [0.29, 0.717) is 17.3 Å². The van der Waals surface area contributed by atoms with Gasteiger partial charge >= 0.3 is 0 Å². The highest BCUT2D eigenvalue weighted by molar-refractivity contribution is 7.22. The molecule has 3 heterocycles. The fourth-order valence-corrected chi connectivity index (χ4v) is 4.44. The Bertz CT molecular complexity index is 1200. The predicted octanol–water partition coefficient (Wildman–Crippen LogP) is 4.35. The van der Waals surface area contributed by atoms with Crippen molar-refractivity contribution in [3.8, 4) is 11.5 Å². The van der Waals surface area contributed by atoms with Gasteiger partial charge in [0, 0.05) is 24.3 Å². The molecule has 152 valence electrons. The molecule has 0 atom stereocenters. The van der Waals surface area contributed by atoms with Crippen LogP contribution in [0, 0.1) is 6.92 Å². The molecule has 1 fully saturated rings. The molecule has 0 unspecified atom stereocenters. The molecule has 4 aromatic rings. The summed E-state index contributed by atoms with van der Waals surface area (Å²) in [5.74, 6) is 0.627. The molecule has 1 aliphatic rings. The lowest BCUT2D eigenvalue weighted by Gasteiger charge is -2.25. The number of morpholine rings is 1. The van der Waals surface area contributed by atoms with Crippen LogP contribution in [0.3, 0.4) is 0 Å². The monoisotopic (exact) mass is 420 g/mol. The zero-order chi connectivity index (χ0) is 20.5. The standard InChI is InChI=1S/C22H20N4O3S/c1-14-19(25-21(29-14)15-5-3-2-4-6-15)20(27)23-16-7-8-17-18(13-16)30-22(24-17)26-9-11-28-12-10-26/h2-8,13H,9-12H2,1H3,(H,23,27). The summed E-state index contributed by atoms with van der Waals surface area (Å²) in [5, 5.41) is 3.91. The third kappa shape index (κ3) is 3.67. The number of nitrogens with one attached hydrogen (secondary N) is 1. The van der Waals surface area contributed by atoms with Gasteiger partial charge in [0.15, 0.2) is 10.8 Å². The van der Waals surface area contributed by atoms with Crippen molar-refractivity contribution in [2.75, 3.05) is 36.5 Å². The number of nitrogens with zero attached hydrogens (tertiary/aromatic N) is 3. The van der Waals surface area contributed by atoms with Gasteiger partial charge in [-0.25, -0.2) is 9.97 Å². The molecule has 0 saturated carbocycles. The minimum Gasteiger partial charge on any atom is -0.441 e. The van der Waals surface area contributed by atoms with Crippen molar-refractivity contribution < 1.29 is 13.9 Å². The van der Waals surface area contributed by atoms with Crippen LogP contribution in [0.2, 0.25) is 0 Å². The molecule has 0 radical (unpaired) electrons. The fourth-order valence-electron chi connectivity index (χ4n) is 3.38. The summed E-state index contributed by atoms with van der Waals surface area (Å²) in [5.41, 5.74) is 2.74. The second-order valence-electron chi connectivity index (χ2n) is 7.02. The van der Waals surface area contributed by atoms with Gasteiger partial charge in [-0.3, -0.25) is 4.79 Å². The maximum absolute atomic E-state index is 12.8. The first-order valence-electron chi connectivity index (χ1n) is 9.75. The van der Waals surface area contributed by atoms with Gasteiger partial charge in [-0.1, -0.05) is 29.5 Å². The van der Waals surface area contributed by atoms with Gasteiger partial charge < -0.3 is 19.4 Å². The number of rotatable bonds is 4. The SMILES string of the molecule is Cc1oc(-c2ccccc2)nc1C(=O)Nc1ccc2nc(N3CCOCC3)sc2c1. The minimum absolute atomic E-state index is 0.285. The predicted molar refractivity (Wildman–Crippen MR) is 117 cm³/mol. The van der Waals surface area contributed by atoms with Gasteiger partial charge in [0.25, 0.3) is 5.91 Å². The molecule has 8 heteroatoms. The highest BCUT2D eigenvalue weighted by atomic mass is 32.1. The lowest BCUT2D eigenvalue weighted by Crippen LogP contribution is -2.36. The Balaban J connectivity index is 1.36. The maximum Gasteiger partial charge on any atom is 0.277 e. The fraction of sp³-hybridized carbons (Fsp3) is 0.227. The number of carbonyl (C=O) groups excluding carboxylic acids is 1. The van der Waals surface area contributed by atoms with E-state index < -0.39 is 0 Å². The highest BCUT2D eigenvalue weighted by Gasteiger charge is 2.19. The van der Waals surface area contributed by atoms with Crippen LogP contribution in [0.5, 0.6) is 0 Å². The second kappa shape index (κ2) is 7.89. The molecule has 2 aromatic carbocycles. The maximum atomic E-state index is 12.8. The van der Waals surface area contributed by atoms with Crippen molar-refractivity contribution in [2.24, 2.45) is 0 Å². The Labute approximate surface area is 177 Å². The molecule has 0 spiro atoms. The number of ether oxygens (including phenoxy) is 1. The van der Waals surface area contributed by atoms with E-state index in [-0.39, 0.29) is 11.6 Å². The van der Waals surface area contributed by atoms with Crippen LogP contribution >= 0.6 is 11.3 Å². The van der Waals surface area contributed by atoms with E-state index in [1.807, 2.05) is 48.5 Å². The van der Waals surface area contributed by atoms with Gasteiger partial charge in [0.05, 0.1) is 23.4 Å². The molecule has 7 nitrogen and oxygen atoms in total. The van der Waals surface area contributed by atoms with Gasteiger partial charge in [-0.15, -0.1) is 0 Å². The van der Waals surface area contributed by atoms with E-state index >= 15 is 0 Å². The number of hydrogen-bond donors (Lipinski definition) is 1. The number of fused-ring (bicyclic) bond motifs is 1. The average Bonchev–Trinajstić information content (AvgIpc) is 3.38. The average molecular weight is 420 g/mol. The molecule has 1 amide bonds. The van der Waals surface area contributed by atoms with E-state index in [4.69, 9.17) is 14.1 Å². The van der Waals surface area contributed by atoms with Crippen LogP contribution < -0.4 is 10.2 Å². The molecule has 0 aliphatic carbocycles. The summed E-state index contributed by atoms with van der Waals surface area (Å²) < 4.78 is 12.1. The Morgan fingerprint density at radius 1 is 1.10 bits per heavy atom. The minimum atomic E-state index is -0.296. The summed E-state index contributed by atoms with van der Waals surface area (Å²) >= 11 is 1.62. The number of amides is 1. The molecule has 1 N–H and O–H groups in total. The number of aryl methyl sites for hydroxylation is 1. The number of oxazole rings is 1. The summed E-state index contributed by atoms with van der Waals surface area (Å²) in [6.07, 6.45) is 0. The zero-order valence-corrected chi connectivity index (χ0v) is 17.2. The summed E-state index contributed by atoms with van der Waals surface area (Å²) in [4.78, 5) is 24.1. The van der Waals surface area contributed by atoms with Crippen LogP contribution in [0.15, 0.2) is 52.9 Å². The number of carbonyl (C=O) groups is 1. The molecule has 30 heavy (non-hydrogen) atoms. The second-order valence-corrected chi connectivity index (χ2v) is 8.03. The number of thiazole rings is 1. The highest BCUT2D eigenvalue weighted by Crippen LogP contribution is 2.31. The largest absolute Gasteiger partial charge is 0.441 e. The number of aromatic nitrogens is 2. The molecule has 1 aliphatic heterocycles. The van der Waals surface area contributed by atoms with Crippen LogP contribution in [0.25, 0.3) is 21.7 Å². The molecular weight excluding hydrogens is 400 g/mol. The molecular formula is C22H20N4O3S. The van der Waals surface area contributed by atoms with Crippen molar-refractivity contribution in [1.82, 2.24) is 9.97 Å². The smallest absolute Gasteiger partial charge is 0.277 e. The van der Waals surface area contributed by atoms with Gasteiger partial charge in [-0.2, -0.15) is 0 Å². The first kappa shape index (κ1) is 18.8. The van der Waals surface area contributed by atoms with E-state index in [2.05, 4.69) is 15.2 Å². The van der Waals surface area contributed by atoms with Crippen molar-refractivity contribution >= 4 is 38.3 Å². The molecule has 2 aromatic heterocycles. The van der Waals surface area contributed by atoms with Gasteiger partial charge in [0.2, 0.25) is 5.89 Å². The van der Waals surface area contributed by atoms with E-state index in [1.165, 1.54) is 0 Å². The normalized spacial score (nSPS) is 14.2. The van der Waals surface area contributed by atoms with Crippen molar-refractivity contribution in [3.05, 3.63) is 60.0 Å². The third-order valence-corrected chi connectivity index (χ3v) is 6.03. The molecule has 5 rings (SSSR count). The Hall–Kier alpha value is -3.23. The number of hydrogen-bond acceptors (Lipinski definition) is 7. The third-order valence-electron chi connectivity index (χ3n) is 4.95. The molecule has 0 bridgehead atoms. The lowest BCUT2D eigenvalue weighted by molar-refractivity contribution is 0.102. The quantitative estimate of drug-likeness (QED) is 0.529. The first-order valence-corrected chi connectivity index (χ1v) is 10.6. The van der Waals surface area contributed by atoms with E-state index in [9.17, 15) is 4.79 Å². The molecule has 1 saturated heterocycles. The van der Waals surface area contributed by atoms with Crippen LogP contribution in [0.4, 0.5) is 10.8 Å². The Morgan fingerprint density at radius 3 is 2.70 bits per heavy atom. The lowest BCUT2D eigenvalue weighted by atomic mass is 10.2. The number of benzene rings is 2.